The Labute approximate surface area is 118 Å². The fourth-order valence-corrected chi connectivity index (χ4v) is 1.58. The van der Waals surface area contributed by atoms with Gasteiger partial charge in [0.1, 0.15) is 6.10 Å². The minimum atomic E-state index is -1.94. The number of hydrogen-bond acceptors (Lipinski definition) is 8. The standard InChI is InChI=1S/C12H13NO8/c1-20-11(16)7-3-6(4-8(5-7)13(18)19)9(14)10(15)12(17)21-2/h3-5,9-10,14-15H,1-2H3. The number of rotatable bonds is 5. The summed E-state index contributed by atoms with van der Waals surface area (Å²) in [5.41, 5.74) is -0.885. The third-order valence-corrected chi connectivity index (χ3v) is 2.66. The Hall–Kier alpha value is -2.52. The number of nitrogens with zero attached hydrogens (tertiary/aromatic N) is 1. The molecule has 9 nitrogen and oxygen atoms in total. The molecule has 114 valence electrons. The molecule has 2 atom stereocenters. The van der Waals surface area contributed by atoms with Crippen LogP contribution in [0.3, 0.4) is 0 Å². The van der Waals surface area contributed by atoms with Gasteiger partial charge in [0.2, 0.25) is 0 Å². The first kappa shape index (κ1) is 16.5. The third kappa shape index (κ3) is 3.74. The molecule has 9 heteroatoms. The Bertz CT molecular complexity index is 570. The molecular weight excluding hydrogens is 286 g/mol. The van der Waals surface area contributed by atoms with Crippen LogP contribution < -0.4 is 0 Å². The molecule has 0 aromatic heterocycles. The zero-order valence-electron chi connectivity index (χ0n) is 11.2. The van der Waals surface area contributed by atoms with E-state index in [4.69, 9.17) is 0 Å². The number of nitro groups is 1. The Kier molecular flexibility index (Phi) is 5.33. The third-order valence-electron chi connectivity index (χ3n) is 2.66. The van der Waals surface area contributed by atoms with Crippen molar-refractivity contribution in [1.29, 1.82) is 0 Å². The van der Waals surface area contributed by atoms with Gasteiger partial charge in [-0.2, -0.15) is 0 Å². The summed E-state index contributed by atoms with van der Waals surface area (Å²) >= 11 is 0. The number of benzene rings is 1. The van der Waals surface area contributed by atoms with Gasteiger partial charge in [-0.15, -0.1) is 0 Å². The average molecular weight is 299 g/mol. The van der Waals surface area contributed by atoms with Gasteiger partial charge in [-0.25, -0.2) is 9.59 Å². The van der Waals surface area contributed by atoms with Crippen LogP contribution >= 0.6 is 0 Å². The number of ether oxygens (including phenoxy) is 2. The van der Waals surface area contributed by atoms with Gasteiger partial charge in [0.25, 0.3) is 5.69 Å². The number of esters is 2. The van der Waals surface area contributed by atoms with Crippen molar-refractivity contribution in [1.82, 2.24) is 0 Å². The summed E-state index contributed by atoms with van der Waals surface area (Å²) in [4.78, 5) is 32.6. The molecule has 2 unspecified atom stereocenters. The van der Waals surface area contributed by atoms with E-state index in [0.717, 1.165) is 32.4 Å². The molecule has 0 aliphatic heterocycles. The number of carbonyl (C=O) groups is 2. The van der Waals surface area contributed by atoms with Crippen molar-refractivity contribution in [3.05, 3.63) is 39.4 Å². The number of aliphatic hydroxyl groups excluding tert-OH is 2. The number of carbonyl (C=O) groups excluding carboxylic acids is 2. The summed E-state index contributed by atoms with van der Waals surface area (Å²) in [7, 11) is 2.09. The topological polar surface area (TPSA) is 136 Å². The van der Waals surface area contributed by atoms with Crippen molar-refractivity contribution >= 4 is 17.6 Å². The molecule has 2 N–H and O–H groups in total. The molecule has 1 aromatic carbocycles. The van der Waals surface area contributed by atoms with Crippen LogP contribution in [-0.4, -0.2) is 47.4 Å². The number of nitro benzene ring substituents is 1. The summed E-state index contributed by atoms with van der Waals surface area (Å²) in [5.74, 6) is -1.98. The lowest BCUT2D eigenvalue weighted by Crippen LogP contribution is -2.29. The predicted molar refractivity (Wildman–Crippen MR) is 67.4 cm³/mol. The van der Waals surface area contributed by atoms with E-state index in [1.807, 2.05) is 0 Å². The first-order chi connectivity index (χ1) is 9.81. The molecule has 0 saturated carbocycles. The SMILES string of the molecule is COC(=O)c1cc(C(O)C(O)C(=O)OC)cc([N+](=O)[O-])c1. The maximum atomic E-state index is 11.4. The molecule has 0 fully saturated rings. The van der Waals surface area contributed by atoms with Gasteiger partial charge in [0.05, 0.1) is 24.7 Å². The predicted octanol–water partition coefficient (Wildman–Crippen LogP) is -0.0513. The lowest BCUT2D eigenvalue weighted by Gasteiger charge is -2.16. The van der Waals surface area contributed by atoms with Crippen molar-refractivity contribution in [2.24, 2.45) is 0 Å². The van der Waals surface area contributed by atoms with Crippen LogP contribution in [0.5, 0.6) is 0 Å². The highest BCUT2D eigenvalue weighted by atomic mass is 16.6. The van der Waals surface area contributed by atoms with Crippen LogP contribution in [-0.2, 0) is 14.3 Å². The molecule has 1 rings (SSSR count). The number of non-ortho nitro benzene ring substituents is 1. The van der Waals surface area contributed by atoms with Gasteiger partial charge >= 0.3 is 11.9 Å². The van der Waals surface area contributed by atoms with Crippen molar-refractivity contribution in [3.63, 3.8) is 0 Å². The van der Waals surface area contributed by atoms with Gasteiger partial charge < -0.3 is 19.7 Å². The van der Waals surface area contributed by atoms with Crippen LogP contribution in [0.4, 0.5) is 5.69 Å². The van der Waals surface area contributed by atoms with Crippen molar-refractivity contribution in [2.75, 3.05) is 14.2 Å². The molecule has 1 aromatic rings. The van der Waals surface area contributed by atoms with Crippen LogP contribution in [0, 0.1) is 10.1 Å². The van der Waals surface area contributed by atoms with Crippen LogP contribution in [0.25, 0.3) is 0 Å². The number of methoxy groups -OCH3 is 2. The molecule has 0 aliphatic carbocycles. The van der Waals surface area contributed by atoms with Crippen molar-refractivity contribution in [2.45, 2.75) is 12.2 Å². The molecule has 0 bridgehead atoms. The second-order valence-electron chi connectivity index (χ2n) is 3.97. The number of aliphatic hydroxyl groups is 2. The van der Waals surface area contributed by atoms with E-state index < -0.39 is 34.8 Å². The normalized spacial score (nSPS) is 13.1. The van der Waals surface area contributed by atoms with Gasteiger partial charge in [0.15, 0.2) is 6.10 Å². The maximum absolute atomic E-state index is 11.4. The summed E-state index contributed by atoms with van der Waals surface area (Å²) in [6.07, 6.45) is -3.73. The quantitative estimate of drug-likeness (QED) is 0.438. The largest absolute Gasteiger partial charge is 0.467 e. The molecular formula is C12H13NO8. The highest BCUT2D eigenvalue weighted by molar-refractivity contribution is 5.90. The Balaban J connectivity index is 3.28. The van der Waals surface area contributed by atoms with E-state index in [-0.39, 0.29) is 11.1 Å². The average Bonchev–Trinajstić information content (AvgIpc) is 2.51. The highest BCUT2D eigenvalue weighted by Crippen LogP contribution is 2.25. The summed E-state index contributed by atoms with van der Waals surface area (Å²) in [5, 5.41) is 30.2. The molecule has 0 spiro atoms. The first-order valence-electron chi connectivity index (χ1n) is 5.63. The van der Waals surface area contributed by atoms with Crippen molar-refractivity contribution in [3.8, 4) is 0 Å². The fraction of sp³-hybridized carbons (Fsp3) is 0.333. The Morgan fingerprint density at radius 3 is 2.29 bits per heavy atom. The second kappa shape index (κ2) is 6.77. The van der Waals surface area contributed by atoms with Crippen LogP contribution in [0.1, 0.15) is 22.0 Å². The smallest absolute Gasteiger partial charge is 0.338 e. The van der Waals surface area contributed by atoms with Gasteiger partial charge in [-0.05, 0) is 11.6 Å². The van der Waals surface area contributed by atoms with E-state index in [1.165, 1.54) is 0 Å². The van der Waals surface area contributed by atoms with E-state index in [1.54, 1.807) is 0 Å². The van der Waals surface area contributed by atoms with Gasteiger partial charge in [-0.1, -0.05) is 0 Å². The summed E-state index contributed by atoms with van der Waals surface area (Å²) in [6, 6.07) is 2.96. The summed E-state index contributed by atoms with van der Waals surface area (Å²) < 4.78 is 8.69. The van der Waals surface area contributed by atoms with E-state index in [9.17, 15) is 29.9 Å². The molecule has 0 aliphatic rings. The summed E-state index contributed by atoms with van der Waals surface area (Å²) in [6.45, 7) is 0. The van der Waals surface area contributed by atoms with Crippen molar-refractivity contribution < 1.29 is 34.2 Å². The monoisotopic (exact) mass is 299 g/mol. The zero-order chi connectivity index (χ0) is 16.2. The minimum Gasteiger partial charge on any atom is -0.467 e. The fourth-order valence-electron chi connectivity index (χ4n) is 1.58. The van der Waals surface area contributed by atoms with E-state index >= 15 is 0 Å². The minimum absolute atomic E-state index is 0.192. The van der Waals surface area contributed by atoms with E-state index in [0.29, 0.717) is 0 Å². The molecule has 0 saturated heterocycles. The van der Waals surface area contributed by atoms with Crippen LogP contribution in [0.2, 0.25) is 0 Å². The van der Waals surface area contributed by atoms with Gasteiger partial charge in [0, 0.05) is 12.1 Å². The second-order valence-corrected chi connectivity index (χ2v) is 3.97. The molecule has 0 radical (unpaired) electrons. The first-order valence-corrected chi connectivity index (χ1v) is 5.63. The van der Waals surface area contributed by atoms with Crippen LogP contribution in [0.15, 0.2) is 18.2 Å². The van der Waals surface area contributed by atoms with E-state index in [2.05, 4.69) is 9.47 Å². The molecule has 0 amide bonds. The lowest BCUT2D eigenvalue weighted by molar-refractivity contribution is -0.385. The highest BCUT2D eigenvalue weighted by Gasteiger charge is 2.28. The Morgan fingerprint density at radius 1 is 1.19 bits per heavy atom. The Morgan fingerprint density at radius 2 is 1.81 bits per heavy atom. The maximum Gasteiger partial charge on any atom is 0.338 e. The molecule has 21 heavy (non-hydrogen) atoms. The lowest BCUT2D eigenvalue weighted by atomic mass is 10.0. The number of hydrogen-bond donors (Lipinski definition) is 2. The van der Waals surface area contributed by atoms with Gasteiger partial charge in [-0.3, -0.25) is 10.1 Å². The molecule has 0 heterocycles. The zero-order valence-corrected chi connectivity index (χ0v) is 11.2.